The van der Waals surface area contributed by atoms with E-state index in [0.717, 1.165) is 6.07 Å². The molecule has 110 valence electrons. The average molecular weight is 290 g/mol. The molecule has 21 heavy (non-hydrogen) atoms. The van der Waals surface area contributed by atoms with E-state index in [2.05, 4.69) is 0 Å². The molecule has 0 radical (unpaired) electrons. The Labute approximate surface area is 121 Å². The molecule has 0 saturated carbocycles. The van der Waals surface area contributed by atoms with Gasteiger partial charge in [0.05, 0.1) is 4.92 Å². The van der Waals surface area contributed by atoms with Crippen molar-refractivity contribution >= 4 is 5.69 Å². The van der Waals surface area contributed by atoms with E-state index in [9.17, 15) is 14.5 Å². The Morgan fingerprint density at radius 3 is 2.67 bits per heavy atom. The van der Waals surface area contributed by atoms with Crippen LogP contribution in [0, 0.1) is 15.9 Å². The van der Waals surface area contributed by atoms with Gasteiger partial charge in [0.25, 0.3) is 0 Å². The van der Waals surface area contributed by atoms with Gasteiger partial charge in [0, 0.05) is 17.7 Å². The number of rotatable bonds is 5. The van der Waals surface area contributed by atoms with Gasteiger partial charge in [0.15, 0.2) is 5.82 Å². The Hall–Kier alpha value is -2.47. The molecule has 2 rings (SSSR count). The van der Waals surface area contributed by atoms with Crippen LogP contribution in [0.4, 0.5) is 10.1 Å². The topological polar surface area (TPSA) is 78.4 Å². The summed E-state index contributed by atoms with van der Waals surface area (Å²) in [6.45, 7) is 1.91. The lowest BCUT2D eigenvalue weighted by atomic mass is 10.0. The van der Waals surface area contributed by atoms with Crippen LogP contribution in [-0.2, 0) is 0 Å². The molecule has 0 saturated heterocycles. The fraction of sp³-hybridized carbons (Fsp3) is 0.200. The van der Waals surface area contributed by atoms with Crippen LogP contribution in [0.1, 0.15) is 24.9 Å². The predicted molar refractivity (Wildman–Crippen MR) is 76.8 cm³/mol. The van der Waals surface area contributed by atoms with Crippen LogP contribution < -0.4 is 10.5 Å². The Bertz CT molecular complexity index is 661. The minimum absolute atomic E-state index is 0.285. The van der Waals surface area contributed by atoms with Crippen molar-refractivity contribution in [2.75, 3.05) is 0 Å². The lowest BCUT2D eigenvalue weighted by Crippen LogP contribution is -2.10. The first-order valence-electron chi connectivity index (χ1n) is 6.49. The first-order chi connectivity index (χ1) is 10.0. The van der Waals surface area contributed by atoms with Crippen molar-refractivity contribution in [3.05, 3.63) is 64.0 Å². The van der Waals surface area contributed by atoms with Gasteiger partial charge in [-0.1, -0.05) is 31.2 Å². The van der Waals surface area contributed by atoms with Crippen LogP contribution in [-0.4, -0.2) is 4.92 Å². The number of hydrogen-bond acceptors (Lipinski definition) is 4. The summed E-state index contributed by atoms with van der Waals surface area (Å²) in [4.78, 5) is 10.3. The molecule has 2 N–H and O–H groups in total. The van der Waals surface area contributed by atoms with E-state index in [4.69, 9.17) is 10.5 Å². The fourth-order valence-electron chi connectivity index (χ4n) is 1.95. The Kier molecular flexibility index (Phi) is 4.49. The predicted octanol–water partition coefficient (Wildman–Crippen LogP) is 3.94. The molecule has 5 nitrogen and oxygen atoms in total. The van der Waals surface area contributed by atoms with Crippen molar-refractivity contribution in [1.29, 1.82) is 0 Å². The number of ether oxygens (including phenoxy) is 1. The number of nitro benzene ring substituents is 1. The minimum atomic E-state index is -0.788. The molecule has 2 aromatic rings. The number of hydrogen-bond donors (Lipinski definition) is 1. The molecule has 0 aliphatic rings. The quantitative estimate of drug-likeness (QED) is 0.668. The van der Waals surface area contributed by atoms with Crippen molar-refractivity contribution in [2.24, 2.45) is 5.73 Å². The van der Waals surface area contributed by atoms with Crippen LogP contribution in [0.3, 0.4) is 0 Å². The summed E-state index contributed by atoms with van der Waals surface area (Å²) in [7, 11) is 0. The zero-order valence-corrected chi connectivity index (χ0v) is 11.5. The molecule has 0 amide bonds. The van der Waals surface area contributed by atoms with E-state index in [-0.39, 0.29) is 6.04 Å². The summed E-state index contributed by atoms with van der Waals surface area (Å²) in [6, 6.07) is 10.2. The van der Waals surface area contributed by atoms with Crippen molar-refractivity contribution in [1.82, 2.24) is 0 Å². The molecule has 0 heterocycles. The van der Waals surface area contributed by atoms with Gasteiger partial charge in [-0.2, -0.15) is 0 Å². The molecular weight excluding hydrogens is 275 g/mol. The average Bonchev–Trinajstić information content (AvgIpc) is 2.48. The van der Waals surface area contributed by atoms with Crippen molar-refractivity contribution in [3.63, 3.8) is 0 Å². The third kappa shape index (κ3) is 3.17. The molecule has 0 aliphatic carbocycles. The third-order valence-electron chi connectivity index (χ3n) is 3.11. The minimum Gasteiger partial charge on any atom is -0.447 e. The van der Waals surface area contributed by atoms with Crippen molar-refractivity contribution in [3.8, 4) is 11.5 Å². The summed E-state index contributed by atoms with van der Waals surface area (Å²) in [5.41, 5.74) is 6.23. The molecule has 0 bridgehead atoms. The molecule has 0 spiro atoms. The van der Waals surface area contributed by atoms with E-state index >= 15 is 0 Å². The van der Waals surface area contributed by atoms with Gasteiger partial charge in [-0.15, -0.1) is 0 Å². The largest absolute Gasteiger partial charge is 0.447 e. The second-order valence-electron chi connectivity index (χ2n) is 4.50. The summed E-state index contributed by atoms with van der Waals surface area (Å²) in [5, 5.41) is 11.0. The lowest BCUT2D eigenvalue weighted by Gasteiger charge is -2.15. The van der Waals surface area contributed by atoms with E-state index in [1.165, 1.54) is 12.1 Å². The second-order valence-corrected chi connectivity index (χ2v) is 4.50. The van der Waals surface area contributed by atoms with Crippen LogP contribution >= 0.6 is 0 Å². The maximum absolute atomic E-state index is 13.9. The number of halogens is 1. The number of benzene rings is 2. The molecular formula is C15H15FN2O3. The van der Waals surface area contributed by atoms with Crippen LogP contribution in [0.2, 0.25) is 0 Å². The first kappa shape index (κ1) is 14.9. The van der Waals surface area contributed by atoms with Gasteiger partial charge in [-0.05, 0) is 18.6 Å². The van der Waals surface area contributed by atoms with Crippen LogP contribution in [0.5, 0.6) is 11.5 Å². The highest BCUT2D eigenvalue weighted by molar-refractivity contribution is 5.50. The molecule has 0 fully saturated rings. The molecule has 0 aromatic heterocycles. The van der Waals surface area contributed by atoms with Gasteiger partial charge < -0.3 is 10.5 Å². The van der Waals surface area contributed by atoms with Crippen LogP contribution in [0.15, 0.2) is 42.5 Å². The number of para-hydroxylation sites is 2. The highest BCUT2D eigenvalue weighted by Gasteiger charge is 2.21. The highest BCUT2D eigenvalue weighted by atomic mass is 19.1. The SMILES string of the molecule is CC[C@@H](N)c1ccccc1Oc1c(F)cccc1[N+](=O)[O-]. The smallest absolute Gasteiger partial charge is 0.314 e. The Balaban J connectivity index is 2.46. The fourth-order valence-corrected chi connectivity index (χ4v) is 1.95. The molecule has 0 unspecified atom stereocenters. The number of nitrogens with two attached hydrogens (primary N) is 1. The lowest BCUT2D eigenvalue weighted by molar-refractivity contribution is -0.385. The first-order valence-corrected chi connectivity index (χ1v) is 6.49. The third-order valence-corrected chi connectivity index (χ3v) is 3.11. The zero-order chi connectivity index (χ0) is 15.4. The molecule has 2 aromatic carbocycles. The normalized spacial score (nSPS) is 12.0. The van der Waals surface area contributed by atoms with E-state index in [1.54, 1.807) is 24.3 Å². The molecule has 6 heteroatoms. The second kappa shape index (κ2) is 6.32. The summed E-state index contributed by atoms with van der Waals surface area (Å²) in [6.07, 6.45) is 0.666. The number of nitro groups is 1. The Morgan fingerprint density at radius 2 is 2.00 bits per heavy atom. The molecule has 1 atom stereocenters. The zero-order valence-electron chi connectivity index (χ0n) is 11.5. The van der Waals surface area contributed by atoms with Gasteiger partial charge in [0.1, 0.15) is 5.75 Å². The summed E-state index contributed by atoms with van der Waals surface area (Å²) >= 11 is 0. The Morgan fingerprint density at radius 1 is 1.29 bits per heavy atom. The van der Waals surface area contributed by atoms with Gasteiger partial charge >= 0.3 is 5.69 Å². The maximum Gasteiger partial charge on any atom is 0.314 e. The monoisotopic (exact) mass is 290 g/mol. The van der Waals surface area contributed by atoms with Gasteiger partial charge in [-0.25, -0.2) is 4.39 Å². The van der Waals surface area contributed by atoms with Crippen LogP contribution in [0.25, 0.3) is 0 Å². The van der Waals surface area contributed by atoms with Crippen molar-refractivity contribution < 1.29 is 14.1 Å². The van der Waals surface area contributed by atoms with E-state index in [0.29, 0.717) is 17.7 Å². The number of nitrogens with zero attached hydrogens (tertiary/aromatic N) is 1. The highest BCUT2D eigenvalue weighted by Crippen LogP contribution is 2.36. The van der Waals surface area contributed by atoms with E-state index in [1.807, 2.05) is 6.92 Å². The van der Waals surface area contributed by atoms with Gasteiger partial charge in [-0.3, -0.25) is 10.1 Å². The molecule has 0 aliphatic heterocycles. The van der Waals surface area contributed by atoms with Gasteiger partial charge in [0.2, 0.25) is 5.75 Å². The standard InChI is InChI=1S/C15H15FN2O3/c1-2-12(17)10-6-3-4-9-14(10)21-15-11(16)7-5-8-13(15)18(19)20/h3-9,12H,2,17H2,1H3/t12-/m1/s1. The summed E-state index contributed by atoms with van der Waals surface area (Å²) < 4.78 is 19.3. The summed E-state index contributed by atoms with van der Waals surface area (Å²) in [5.74, 6) is -0.873. The maximum atomic E-state index is 13.9. The van der Waals surface area contributed by atoms with E-state index < -0.39 is 22.2 Å². The van der Waals surface area contributed by atoms with Crippen molar-refractivity contribution in [2.45, 2.75) is 19.4 Å².